The van der Waals surface area contributed by atoms with Gasteiger partial charge in [0.2, 0.25) is 0 Å². The van der Waals surface area contributed by atoms with E-state index in [-0.39, 0.29) is 10.6 Å². The van der Waals surface area contributed by atoms with Gasteiger partial charge >= 0.3 is 6.09 Å². The molecule has 1 aliphatic heterocycles. The van der Waals surface area contributed by atoms with Gasteiger partial charge in [0.1, 0.15) is 5.75 Å². The summed E-state index contributed by atoms with van der Waals surface area (Å²) in [5.74, 6) is 1.34. The van der Waals surface area contributed by atoms with Crippen LogP contribution in [0.3, 0.4) is 0 Å². The monoisotopic (exact) mass is 359 g/mol. The number of fused-ring (bicyclic) bond motifs is 1. The van der Waals surface area contributed by atoms with Crippen LogP contribution in [0.1, 0.15) is 0 Å². The average Bonchev–Trinajstić information content (AvgIpc) is 2.62. The van der Waals surface area contributed by atoms with Crippen LogP contribution in [0.4, 0.5) is 16.2 Å². The SMILES string of the molecule is O=C(NCCN1CCSc2cc([N+](=O)[O-])ccc21)Oc1ccccc1. The molecule has 25 heavy (non-hydrogen) atoms. The summed E-state index contributed by atoms with van der Waals surface area (Å²) in [6, 6.07) is 13.7. The number of hydrogen-bond acceptors (Lipinski definition) is 6. The van der Waals surface area contributed by atoms with Crippen molar-refractivity contribution in [3.05, 3.63) is 58.6 Å². The van der Waals surface area contributed by atoms with Gasteiger partial charge in [0.05, 0.1) is 10.6 Å². The minimum atomic E-state index is -0.499. The van der Waals surface area contributed by atoms with Gasteiger partial charge in [-0.25, -0.2) is 4.79 Å². The zero-order valence-electron chi connectivity index (χ0n) is 13.4. The van der Waals surface area contributed by atoms with Crippen molar-refractivity contribution in [2.45, 2.75) is 4.90 Å². The number of carbonyl (C=O) groups is 1. The number of ether oxygens (including phenoxy) is 1. The van der Waals surface area contributed by atoms with Gasteiger partial charge in [-0.1, -0.05) is 18.2 Å². The molecular weight excluding hydrogens is 342 g/mol. The molecule has 2 aromatic rings. The summed E-state index contributed by atoms with van der Waals surface area (Å²) in [5.41, 5.74) is 1.05. The van der Waals surface area contributed by atoms with Crippen molar-refractivity contribution in [3.8, 4) is 5.75 Å². The highest BCUT2D eigenvalue weighted by Gasteiger charge is 2.20. The number of para-hydroxylation sites is 1. The maximum atomic E-state index is 11.8. The average molecular weight is 359 g/mol. The number of amides is 1. The van der Waals surface area contributed by atoms with E-state index in [0.29, 0.717) is 18.8 Å². The highest BCUT2D eigenvalue weighted by Crippen LogP contribution is 2.36. The molecule has 3 rings (SSSR count). The molecule has 0 aliphatic carbocycles. The van der Waals surface area contributed by atoms with E-state index in [1.165, 1.54) is 6.07 Å². The maximum absolute atomic E-state index is 11.8. The predicted octanol–water partition coefficient (Wildman–Crippen LogP) is 3.30. The van der Waals surface area contributed by atoms with Gasteiger partial charge in [0.15, 0.2) is 0 Å². The van der Waals surface area contributed by atoms with Crippen LogP contribution in [0, 0.1) is 10.1 Å². The maximum Gasteiger partial charge on any atom is 0.412 e. The molecule has 8 heteroatoms. The molecule has 0 atom stereocenters. The normalized spacial score (nSPS) is 13.0. The molecule has 0 radical (unpaired) electrons. The molecule has 1 N–H and O–H groups in total. The van der Waals surface area contributed by atoms with E-state index in [1.807, 2.05) is 6.07 Å². The smallest absolute Gasteiger partial charge is 0.410 e. The Morgan fingerprint density at radius 3 is 2.84 bits per heavy atom. The summed E-state index contributed by atoms with van der Waals surface area (Å²) < 4.78 is 5.17. The van der Waals surface area contributed by atoms with Crippen molar-refractivity contribution in [3.63, 3.8) is 0 Å². The second kappa shape index (κ2) is 7.89. The number of nitro groups is 1. The summed E-state index contributed by atoms with van der Waals surface area (Å²) in [6.45, 7) is 1.85. The minimum Gasteiger partial charge on any atom is -0.410 e. The Bertz CT molecular complexity index is 770. The van der Waals surface area contributed by atoms with E-state index in [0.717, 1.165) is 22.9 Å². The van der Waals surface area contributed by atoms with E-state index in [2.05, 4.69) is 10.2 Å². The lowest BCUT2D eigenvalue weighted by Crippen LogP contribution is -2.38. The quantitative estimate of drug-likeness (QED) is 0.651. The van der Waals surface area contributed by atoms with Gasteiger partial charge in [0.25, 0.3) is 5.69 Å². The molecule has 130 valence electrons. The molecule has 0 saturated carbocycles. The summed E-state index contributed by atoms with van der Waals surface area (Å²) >= 11 is 1.61. The van der Waals surface area contributed by atoms with Crippen molar-refractivity contribution < 1.29 is 14.5 Å². The Balaban J connectivity index is 1.54. The second-order valence-electron chi connectivity index (χ2n) is 5.37. The second-order valence-corrected chi connectivity index (χ2v) is 6.51. The molecule has 0 aromatic heterocycles. The number of benzene rings is 2. The minimum absolute atomic E-state index is 0.0951. The third-order valence-electron chi connectivity index (χ3n) is 3.72. The number of nitro benzene ring substituents is 1. The third-order valence-corrected chi connectivity index (χ3v) is 4.74. The van der Waals surface area contributed by atoms with Gasteiger partial charge < -0.3 is 15.0 Å². The Labute approximate surface area is 149 Å². The molecule has 2 aromatic carbocycles. The summed E-state index contributed by atoms with van der Waals surface area (Å²) in [5, 5.41) is 13.6. The molecule has 0 spiro atoms. The largest absolute Gasteiger partial charge is 0.412 e. The van der Waals surface area contributed by atoms with Gasteiger partial charge in [-0.15, -0.1) is 11.8 Å². The lowest BCUT2D eigenvalue weighted by Gasteiger charge is -2.30. The van der Waals surface area contributed by atoms with Crippen molar-refractivity contribution in [1.29, 1.82) is 0 Å². The van der Waals surface area contributed by atoms with Crippen LogP contribution >= 0.6 is 11.8 Å². The molecule has 1 heterocycles. The Hall–Kier alpha value is -2.74. The van der Waals surface area contributed by atoms with Gasteiger partial charge in [-0.05, 0) is 18.2 Å². The molecule has 0 fully saturated rings. The van der Waals surface area contributed by atoms with E-state index < -0.39 is 6.09 Å². The fraction of sp³-hybridized carbons (Fsp3) is 0.235. The summed E-state index contributed by atoms with van der Waals surface area (Å²) in [4.78, 5) is 25.3. The summed E-state index contributed by atoms with van der Waals surface area (Å²) in [7, 11) is 0. The first-order valence-corrected chi connectivity index (χ1v) is 8.79. The number of hydrogen-bond donors (Lipinski definition) is 1. The first-order valence-electron chi connectivity index (χ1n) is 7.80. The van der Waals surface area contributed by atoms with Crippen molar-refractivity contribution in [2.24, 2.45) is 0 Å². The number of nitrogens with zero attached hydrogens (tertiary/aromatic N) is 2. The van der Waals surface area contributed by atoms with Gasteiger partial charge in [-0.2, -0.15) is 0 Å². The highest BCUT2D eigenvalue weighted by molar-refractivity contribution is 7.99. The lowest BCUT2D eigenvalue weighted by atomic mass is 10.2. The van der Waals surface area contributed by atoms with E-state index in [4.69, 9.17) is 4.74 Å². The summed E-state index contributed by atoms with van der Waals surface area (Å²) in [6.07, 6.45) is -0.499. The van der Waals surface area contributed by atoms with Crippen LogP contribution < -0.4 is 15.0 Å². The number of rotatable bonds is 5. The third kappa shape index (κ3) is 4.42. The molecule has 7 nitrogen and oxygen atoms in total. The van der Waals surface area contributed by atoms with Gasteiger partial charge in [-0.3, -0.25) is 10.1 Å². The molecule has 0 unspecified atom stereocenters. The van der Waals surface area contributed by atoms with Crippen LogP contribution in [-0.4, -0.2) is 36.4 Å². The molecule has 0 saturated heterocycles. The highest BCUT2D eigenvalue weighted by atomic mass is 32.2. The first kappa shape index (κ1) is 17.1. The number of anilines is 1. The van der Waals surface area contributed by atoms with Gasteiger partial charge in [0, 0.05) is 42.4 Å². The zero-order chi connectivity index (χ0) is 17.6. The zero-order valence-corrected chi connectivity index (χ0v) is 14.2. The van der Waals surface area contributed by atoms with Crippen molar-refractivity contribution in [2.75, 3.05) is 30.3 Å². The number of thioether (sulfide) groups is 1. The predicted molar refractivity (Wildman–Crippen MR) is 96.5 cm³/mol. The molecular formula is C17H17N3O4S. The van der Waals surface area contributed by atoms with Crippen LogP contribution in [-0.2, 0) is 0 Å². The van der Waals surface area contributed by atoms with Crippen molar-refractivity contribution in [1.82, 2.24) is 5.32 Å². The lowest BCUT2D eigenvalue weighted by molar-refractivity contribution is -0.385. The van der Waals surface area contributed by atoms with E-state index in [1.54, 1.807) is 48.2 Å². The van der Waals surface area contributed by atoms with E-state index in [9.17, 15) is 14.9 Å². The Morgan fingerprint density at radius 1 is 1.28 bits per heavy atom. The van der Waals surface area contributed by atoms with Crippen LogP contribution in [0.2, 0.25) is 0 Å². The number of non-ortho nitro benzene ring substituents is 1. The molecule has 1 aliphatic rings. The van der Waals surface area contributed by atoms with Crippen LogP contribution in [0.15, 0.2) is 53.4 Å². The fourth-order valence-corrected chi connectivity index (χ4v) is 3.62. The molecule has 1 amide bonds. The topological polar surface area (TPSA) is 84.7 Å². The van der Waals surface area contributed by atoms with Crippen LogP contribution in [0.25, 0.3) is 0 Å². The fourth-order valence-electron chi connectivity index (χ4n) is 2.54. The number of nitrogens with one attached hydrogen (secondary N) is 1. The van der Waals surface area contributed by atoms with E-state index >= 15 is 0 Å². The Kier molecular flexibility index (Phi) is 5.39. The first-order chi connectivity index (χ1) is 12.1. The standard InChI is InChI=1S/C17H17N3O4S/c21-17(24-14-4-2-1-3-5-14)18-8-9-19-10-11-25-16-12-13(20(22)23)6-7-15(16)19/h1-7,12H,8-11H2,(H,18,21). The Morgan fingerprint density at radius 2 is 2.08 bits per heavy atom. The molecule has 0 bridgehead atoms. The number of carbonyl (C=O) groups excluding carboxylic acids is 1. The van der Waals surface area contributed by atoms with Crippen molar-refractivity contribution >= 4 is 29.2 Å². The van der Waals surface area contributed by atoms with Crippen LogP contribution in [0.5, 0.6) is 5.75 Å².